The SMILES string of the molecule is CCCCCCCCCCCCCCCCCCC(=O)OC(COC(=O)CCCCC)COP(=O)([O-])OCC[N+](C)(C)C. The number of unbranched alkanes of at least 4 members (excludes halogenated alkanes) is 17. The number of hydrogen-bond acceptors (Lipinski definition) is 8. The molecule has 0 aliphatic rings. The van der Waals surface area contributed by atoms with Crippen LogP contribution in [0.1, 0.15) is 149 Å². The Bertz CT molecular complexity index is 728. The lowest BCUT2D eigenvalue weighted by Gasteiger charge is -2.28. The molecule has 0 heterocycles. The zero-order chi connectivity index (χ0) is 32.2. The second kappa shape index (κ2) is 27.3. The van der Waals surface area contributed by atoms with Crippen molar-refractivity contribution in [1.82, 2.24) is 0 Å². The number of esters is 2. The largest absolute Gasteiger partial charge is 0.756 e. The Morgan fingerprint density at radius 2 is 1.05 bits per heavy atom. The summed E-state index contributed by atoms with van der Waals surface area (Å²) < 4.78 is 33.3. The third-order valence-corrected chi connectivity index (χ3v) is 8.34. The Morgan fingerprint density at radius 3 is 1.53 bits per heavy atom. The molecule has 0 saturated heterocycles. The van der Waals surface area contributed by atoms with Crippen LogP contribution in [0, 0.1) is 0 Å². The molecule has 0 aromatic carbocycles. The fourth-order valence-electron chi connectivity index (χ4n) is 4.59. The lowest BCUT2D eigenvalue weighted by molar-refractivity contribution is -0.870. The van der Waals surface area contributed by atoms with Crippen molar-refractivity contribution in [3.8, 4) is 0 Å². The van der Waals surface area contributed by atoms with E-state index >= 15 is 0 Å². The molecule has 0 aliphatic heterocycles. The zero-order valence-corrected chi connectivity index (χ0v) is 29.3. The van der Waals surface area contributed by atoms with Crippen LogP contribution < -0.4 is 4.89 Å². The van der Waals surface area contributed by atoms with Crippen molar-refractivity contribution in [3.63, 3.8) is 0 Å². The highest BCUT2D eigenvalue weighted by Crippen LogP contribution is 2.38. The van der Waals surface area contributed by atoms with Gasteiger partial charge in [-0.25, -0.2) is 0 Å². The minimum atomic E-state index is -4.59. The molecule has 0 radical (unpaired) electrons. The summed E-state index contributed by atoms with van der Waals surface area (Å²) in [5.74, 6) is -0.857. The lowest BCUT2D eigenvalue weighted by atomic mass is 10.0. The smallest absolute Gasteiger partial charge is 0.306 e. The lowest BCUT2D eigenvalue weighted by Crippen LogP contribution is -2.37. The number of hydrogen-bond donors (Lipinski definition) is 0. The zero-order valence-electron chi connectivity index (χ0n) is 28.4. The maximum atomic E-state index is 12.5. The number of nitrogens with zero attached hydrogens (tertiary/aromatic N) is 1. The van der Waals surface area contributed by atoms with E-state index in [0.717, 1.165) is 25.7 Å². The molecule has 9 nitrogen and oxygen atoms in total. The van der Waals surface area contributed by atoms with Crippen molar-refractivity contribution >= 4 is 19.8 Å². The molecule has 256 valence electrons. The molecule has 0 aromatic heterocycles. The van der Waals surface area contributed by atoms with Gasteiger partial charge in [0, 0.05) is 12.8 Å². The van der Waals surface area contributed by atoms with Crippen LogP contribution in [0.5, 0.6) is 0 Å². The first kappa shape index (κ1) is 42.0. The van der Waals surface area contributed by atoms with Gasteiger partial charge in [-0.15, -0.1) is 0 Å². The highest BCUT2D eigenvalue weighted by Gasteiger charge is 2.21. The summed E-state index contributed by atoms with van der Waals surface area (Å²) in [7, 11) is 1.17. The first-order valence-corrected chi connectivity index (χ1v) is 18.7. The predicted octanol–water partition coefficient (Wildman–Crippen LogP) is 7.88. The Labute approximate surface area is 264 Å². The molecule has 0 fully saturated rings. The molecule has 10 heteroatoms. The third-order valence-electron chi connectivity index (χ3n) is 7.38. The number of quaternary nitrogens is 1. The summed E-state index contributed by atoms with van der Waals surface area (Å²) >= 11 is 0. The molecule has 0 bridgehead atoms. The van der Waals surface area contributed by atoms with Gasteiger partial charge in [0.2, 0.25) is 0 Å². The van der Waals surface area contributed by atoms with Crippen LogP contribution in [-0.4, -0.2) is 70.0 Å². The van der Waals surface area contributed by atoms with E-state index in [2.05, 4.69) is 6.92 Å². The highest BCUT2D eigenvalue weighted by atomic mass is 31.2. The molecule has 0 saturated carbocycles. The van der Waals surface area contributed by atoms with E-state index in [0.29, 0.717) is 23.9 Å². The van der Waals surface area contributed by atoms with E-state index in [1.54, 1.807) is 0 Å². The van der Waals surface area contributed by atoms with Gasteiger partial charge in [-0.05, 0) is 12.8 Å². The Balaban J connectivity index is 4.21. The number of likely N-dealkylation sites (N-methyl/N-ethyl adjacent to an activating group) is 1. The molecule has 0 aliphatic carbocycles. The van der Waals surface area contributed by atoms with Crippen molar-refractivity contribution in [2.24, 2.45) is 0 Å². The van der Waals surface area contributed by atoms with Crippen LogP contribution in [0.2, 0.25) is 0 Å². The highest BCUT2D eigenvalue weighted by molar-refractivity contribution is 7.45. The van der Waals surface area contributed by atoms with Gasteiger partial charge in [-0.1, -0.05) is 123 Å². The monoisotopic (exact) mass is 635 g/mol. The predicted molar refractivity (Wildman–Crippen MR) is 172 cm³/mol. The van der Waals surface area contributed by atoms with Crippen molar-refractivity contribution < 1.29 is 42.1 Å². The second-order valence-electron chi connectivity index (χ2n) is 12.9. The molecule has 0 amide bonds. The average molecular weight is 636 g/mol. The minimum Gasteiger partial charge on any atom is -0.756 e. The first-order chi connectivity index (χ1) is 20.5. The van der Waals surface area contributed by atoms with Gasteiger partial charge in [-0.3, -0.25) is 14.2 Å². The van der Waals surface area contributed by atoms with E-state index in [1.165, 1.54) is 83.5 Å². The van der Waals surface area contributed by atoms with Crippen molar-refractivity contribution in [3.05, 3.63) is 0 Å². The Hall–Kier alpha value is -0.990. The molecule has 2 atom stereocenters. The Morgan fingerprint density at radius 1 is 0.628 bits per heavy atom. The number of ether oxygens (including phenoxy) is 2. The van der Waals surface area contributed by atoms with Crippen LogP contribution >= 0.6 is 7.82 Å². The van der Waals surface area contributed by atoms with Crippen LogP contribution in [0.4, 0.5) is 0 Å². The van der Waals surface area contributed by atoms with Crippen molar-refractivity contribution in [2.75, 3.05) is 47.5 Å². The van der Waals surface area contributed by atoms with Crippen LogP contribution in [0.25, 0.3) is 0 Å². The summed E-state index contributed by atoms with van der Waals surface area (Å²) in [5, 5.41) is 0. The van der Waals surface area contributed by atoms with Crippen molar-refractivity contribution in [2.45, 2.75) is 155 Å². The molecule has 0 aromatic rings. The fourth-order valence-corrected chi connectivity index (χ4v) is 5.32. The summed E-state index contributed by atoms with van der Waals surface area (Å²) in [4.78, 5) is 36.7. The Kier molecular flexibility index (Phi) is 26.7. The van der Waals surface area contributed by atoms with Gasteiger partial charge in [-0.2, -0.15) is 0 Å². The van der Waals surface area contributed by atoms with Crippen LogP contribution in [0.3, 0.4) is 0 Å². The van der Waals surface area contributed by atoms with Crippen LogP contribution in [-0.2, 0) is 32.7 Å². The summed E-state index contributed by atoms with van der Waals surface area (Å²) in [6.45, 7) is 4.03. The second-order valence-corrected chi connectivity index (χ2v) is 14.3. The van der Waals surface area contributed by atoms with E-state index in [9.17, 15) is 19.0 Å². The molecule has 0 rings (SSSR count). The minimum absolute atomic E-state index is 0.0274. The molecular weight excluding hydrogens is 569 g/mol. The van der Waals surface area contributed by atoms with Gasteiger partial charge < -0.3 is 27.9 Å². The summed E-state index contributed by atoms with van der Waals surface area (Å²) in [6.07, 6.45) is 22.1. The number of rotatable bonds is 31. The van der Waals surface area contributed by atoms with Gasteiger partial charge in [0.25, 0.3) is 7.82 Å². The first-order valence-electron chi connectivity index (χ1n) is 17.2. The van der Waals surface area contributed by atoms with E-state index in [-0.39, 0.29) is 26.1 Å². The molecule has 0 spiro atoms. The number of phosphoric acid groups is 1. The quantitative estimate of drug-likeness (QED) is 0.0327. The van der Waals surface area contributed by atoms with Crippen LogP contribution in [0.15, 0.2) is 0 Å². The normalized spacial score (nSPS) is 13.9. The molecule has 2 unspecified atom stereocenters. The maximum absolute atomic E-state index is 12.5. The number of carbonyl (C=O) groups excluding carboxylic acids is 2. The third kappa shape index (κ3) is 30.8. The molecule has 0 N–H and O–H groups in total. The van der Waals surface area contributed by atoms with Gasteiger partial charge >= 0.3 is 11.9 Å². The fraction of sp³-hybridized carbons (Fsp3) is 0.939. The summed E-state index contributed by atoms with van der Waals surface area (Å²) in [6, 6.07) is 0. The van der Waals surface area contributed by atoms with E-state index in [4.69, 9.17) is 18.5 Å². The summed E-state index contributed by atoms with van der Waals surface area (Å²) in [5.41, 5.74) is 0. The van der Waals surface area contributed by atoms with E-state index in [1.807, 2.05) is 28.1 Å². The maximum Gasteiger partial charge on any atom is 0.306 e. The average Bonchev–Trinajstić information content (AvgIpc) is 2.93. The molecular formula is C33H66NO8P. The standard InChI is InChI=1S/C33H66NO8P/c1-6-8-10-11-12-13-14-15-16-17-18-19-20-21-22-24-26-33(36)42-31(29-39-32(35)25-23-9-7-2)30-41-43(37,38)40-28-27-34(3,4)5/h31H,6-30H2,1-5H3. The van der Waals surface area contributed by atoms with Gasteiger partial charge in [0.15, 0.2) is 6.10 Å². The van der Waals surface area contributed by atoms with Crippen molar-refractivity contribution in [1.29, 1.82) is 0 Å². The number of carbonyl (C=O) groups is 2. The molecule has 43 heavy (non-hydrogen) atoms. The van der Waals surface area contributed by atoms with Gasteiger partial charge in [0.1, 0.15) is 19.8 Å². The topological polar surface area (TPSA) is 111 Å². The van der Waals surface area contributed by atoms with E-state index < -0.39 is 32.5 Å². The number of phosphoric ester groups is 1. The van der Waals surface area contributed by atoms with Gasteiger partial charge in [0.05, 0.1) is 27.7 Å².